The Balaban J connectivity index is 3.40. The van der Waals surface area contributed by atoms with Crippen LogP contribution < -0.4 is 16.4 Å². The Morgan fingerprint density at radius 3 is 2.29 bits per heavy atom. The Morgan fingerprint density at radius 1 is 1.09 bits per heavy atom. The number of benzene rings is 1. The van der Waals surface area contributed by atoms with Gasteiger partial charge in [0.05, 0.1) is 0 Å². The van der Waals surface area contributed by atoms with Gasteiger partial charge in [-0.2, -0.15) is 0 Å². The molecule has 4 N–H and O–H groups in total. The number of nitrogens with one attached hydrogen (secondary N) is 2. The van der Waals surface area contributed by atoms with Gasteiger partial charge in [0.2, 0.25) is 17.7 Å². The summed E-state index contributed by atoms with van der Waals surface area (Å²) >= 11 is 0. The van der Waals surface area contributed by atoms with E-state index in [1.165, 1.54) is 4.90 Å². The van der Waals surface area contributed by atoms with Gasteiger partial charge in [-0.1, -0.05) is 44.5 Å². The molecule has 0 aliphatic carbocycles. The molecular formula is C26H42N4O5. The maximum Gasteiger partial charge on any atom is 0.408 e. The lowest BCUT2D eigenvalue weighted by Crippen LogP contribution is -2.53. The third-order valence-electron chi connectivity index (χ3n) is 5.29. The van der Waals surface area contributed by atoms with E-state index in [9.17, 15) is 19.2 Å². The second-order valence-corrected chi connectivity index (χ2v) is 9.64. The van der Waals surface area contributed by atoms with Crippen molar-refractivity contribution in [3.63, 3.8) is 0 Å². The molecule has 0 aliphatic rings. The number of rotatable bonds is 13. The molecule has 2 unspecified atom stereocenters. The monoisotopic (exact) mass is 490 g/mol. The standard InChI is InChI=1S/C26H42N4O5/c1-7-9-16-28-23(32)22(19-13-11-10-12-18(19)3)30(17-8-2)24(33)20(14-15-21(27)31)29-25(34)35-26(4,5)6/h10-13,20,22H,7-9,14-17H2,1-6H3,(H2,27,31)(H,28,32)(H,29,34). The van der Waals surface area contributed by atoms with E-state index in [2.05, 4.69) is 10.6 Å². The molecule has 35 heavy (non-hydrogen) atoms. The van der Waals surface area contributed by atoms with Crippen LogP contribution in [0, 0.1) is 6.92 Å². The van der Waals surface area contributed by atoms with Gasteiger partial charge in [-0.15, -0.1) is 0 Å². The normalized spacial score (nSPS) is 12.9. The van der Waals surface area contributed by atoms with Crippen molar-refractivity contribution in [1.29, 1.82) is 0 Å². The van der Waals surface area contributed by atoms with E-state index in [4.69, 9.17) is 10.5 Å². The molecule has 1 aromatic rings. The fourth-order valence-corrected chi connectivity index (χ4v) is 3.63. The average Bonchev–Trinajstić information content (AvgIpc) is 2.75. The number of primary amides is 1. The van der Waals surface area contributed by atoms with Crippen molar-refractivity contribution in [3.8, 4) is 0 Å². The summed E-state index contributed by atoms with van der Waals surface area (Å²) < 4.78 is 5.33. The lowest BCUT2D eigenvalue weighted by atomic mass is 9.97. The SMILES string of the molecule is CCCCNC(=O)C(c1ccccc1C)N(CCC)C(=O)C(CCC(N)=O)NC(=O)OC(C)(C)C. The van der Waals surface area contributed by atoms with Crippen molar-refractivity contribution in [2.24, 2.45) is 5.73 Å². The van der Waals surface area contributed by atoms with Crippen LogP contribution in [-0.2, 0) is 19.1 Å². The van der Waals surface area contributed by atoms with Crippen LogP contribution in [0.15, 0.2) is 24.3 Å². The number of hydrogen-bond acceptors (Lipinski definition) is 5. The van der Waals surface area contributed by atoms with Crippen molar-refractivity contribution in [2.75, 3.05) is 13.1 Å². The van der Waals surface area contributed by atoms with Crippen LogP contribution in [0.2, 0.25) is 0 Å². The van der Waals surface area contributed by atoms with Gasteiger partial charge in [0, 0.05) is 19.5 Å². The zero-order valence-corrected chi connectivity index (χ0v) is 22.0. The maximum atomic E-state index is 13.8. The molecule has 196 valence electrons. The smallest absolute Gasteiger partial charge is 0.408 e. The molecule has 0 spiro atoms. The summed E-state index contributed by atoms with van der Waals surface area (Å²) in [6, 6.07) is 5.44. The number of aryl methyl sites for hydroxylation is 1. The summed E-state index contributed by atoms with van der Waals surface area (Å²) in [6.45, 7) is 11.7. The van der Waals surface area contributed by atoms with Crippen LogP contribution in [0.1, 0.15) is 83.9 Å². The van der Waals surface area contributed by atoms with Gasteiger partial charge in [0.1, 0.15) is 17.7 Å². The first-order valence-corrected chi connectivity index (χ1v) is 12.3. The van der Waals surface area contributed by atoms with E-state index in [1.54, 1.807) is 20.8 Å². The molecule has 2 atom stereocenters. The Kier molecular flexibility index (Phi) is 12.3. The molecule has 0 heterocycles. The van der Waals surface area contributed by atoms with E-state index in [-0.39, 0.29) is 25.3 Å². The molecule has 0 bridgehead atoms. The van der Waals surface area contributed by atoms with Gasteiger partial charge in [0.25, 0.3) is 0 Å². The van der Waals surface area contributed by atoms with Crippen LogP contribution in [0.25, 0.3) is 0 Å². The number of carbonyl (C=O) groups excluding carboxylic acids is 4. The van der Waals surface area contributed by atoms with E-state index < -0.39 is 35.6 Å². The molecule has 1 aromatic carbocycles. The zero-order valence-electron chi connectivity index (χ0n) is 22.0. The molecule has 9 nitrogen and oxygen atoms in total. The number of amides is 4. The molecule has 0 aromatic heterocycles. The number of alkyl carbamates (subject to hydrolysis) is 1. The van der Waals surface area contributed by atoms with Gasteiger partial charge in [-0.3, -0.25) is 14.4 Å². The van der Waals surface area contributed by atoms with Gasteiger partial charge in [-0.25, -0.2) is 4.79 Å². The predicted octanol–water partition coefficient (Wildman–Crippen LogP) is 3.35. The highest BCUT2D eigenvalue weighted by Crippen LogP contribution is 2.26. The van der Waals surface area contributed by atoms with E-state index in [1.807, 2.05) is 45.0 Å². The Bertz CT molecular complexity index is 866. The van der Waals surface area contributed by atoms with E-state index in [0.717, 1.165) is 18.4 Å². The van der Waals surface area contributed by atoms with Crippen molar-refractivity contribution in [3.05, 3.63) is 35.4 Å². The summed E-state index contributed by atoms with van der Waals surface area (Å²) in [5.41, 5.74) is 6.12. The highest BCUT2D eigenvalue weighted by Gasteiger charge is 2.36. The second kappa shape index (κ2) is 14.3. The molecule has 0 radical (unpaired) electrons. The number of nitrogens with zero attached hydrogens (tertiary/aromatic N) is 1. The summed E-state index contributed by atoms with van der Waals surface area (Å²) in [7, 11) is 0. The van der Waals surface area contributed by atoms with Gasteiger partial charge >= 0.3 is 6.09 Å². The van der Waals surface area contributed by atoms with Crippen LogP contribution in [0.5, 0.6) is 0 Å². The van der Waals surface area contributed by atoms with E-state index in [0.29, 0.717) is 18.5 Å². The largest absolute Gasteiger partial charge is 0.444 e. The van der Waals surface area contributed by atoms with Crippen LogP contribution in [0.3, 0.4) is 0 Å². The Morgan fingerprint density at radius 2 is 1.74 bits per heavy atom. The Labute approximate surface area is 209 Å². The van der Waals surface area contributed by atoms with Crippen molar-refractivity contribution >= 4 is 23.8 Å². The lowest BCUT2D eigenvalue weighted by Gasteiger charge is -2.35. The minimum absolute atomic E-state index is 0.00836. The summed E-state index contributed by atoms with van der Waals surface area (Å²) in [6.07, 6.45) is 1.43. The second-order valence-electron chi connectivity index (χ2n) is 9.64. The lowest BCUT2D eigenvalue weighted by molar-refractivity contribution is -0.142. The molecule has 4 amide bonds. The number of hydrogen-bond donors (Lipinski definition) is 3. The van der Waals surface area contributed by atoms with Gasteiger partial charge in [-0.05, 0) is 58.1 Å². The third-order valence-corrected chi connectivity index (χ3v) is 5.29. The number of unbranched alkanes of at least 4 members (excludes halogenated alkanes) is 1. The highest BCUT2D eigenvalue weighted by atomic mass is 16.6. The number of ether oxygens (including phenoxy) is 1. The predicted molar refractivity (Wildman–Crippen MR) is 135 cm³/mol. The van der Waals surface area contributed by atoms with Crippen LogP contribution in [-0.4, -0.2) is 53.4 Å². The molecule has 0 fully saturated rings. The van der Waals surface area contributed by atoms with Crippen molar-refractivity contribution < 1.29 is 23.9 Å². The highest BCUT2D eigenvalue weighted by molar-refractivity contribution is 5.92. The zero-order chi connectivity index (χ0) is 26.6. The summed E-state index contributed by atoms with van der Waals surface area (Å²) in [5.74, 6) is -1.36. The molecule has 1 rings (SSSR count). The molecule has 9 heteroatoms. The first kappa shape index (κ1) is 29.9. The average molecular weight is 491 g/mol. The minimum Gasteiger partial charge on any atom is -0.444 e. The molecule has 0 saturated heterocycles. The number of nitrogens with two attached hydrogens (primary N) is 1. The maximum absolute atomic E-state index is 13.8. The van der Waals surface area contributed by atoms with Crippen LogP contribution >= 0.6 is 0 Å². The Hall–Kier alpha value is -3.10. The summed E-state index contributed by atoms with van der Waals surface area (Å²) in [5, 5.41) is 5.53. The topological polar surface area (TPSA) is 131 Å². The summed E-state index contributed by atoms with van der Waals surface area (Å²) in [4.78, 5) is 52.7. The van der Waals surface area contributed by atoms with Gasteiger partial charge < -0.3 is 26.0 Å². The fraction of sp³-hybridized carbons (Fsp3) is 0.615. The number of carbonyl (C=O) groups is 4. The van der Waals surface area contributed by atoms with Crippen molar-refractivity contribution in [2.45, 2.75) is 91.3 Å². The molecule has 0 aliphatic heterocycles. The first-order chi connectivity index (χ1) is 16.4. The molecular weight excluding hydrogens is 448 g/mol. The first-order valence-electron chi connectivity index (χ1n) is 12.3. The quantitative estimate of drug-likeness (QED) is 0.365. The van der Waals surface area contributed by atoms with Crippen LogP contribution in [0.4, 0.5) is 4.79 Å². The fourth-order valence-electron chi connectivity index (χ4n) is 3.63. The van der Waals surface area contributed by atoms with Gasteiger partial charge in [0.15, 0.2) is 0 Å². The van der Waals surface area contributed by atoms with E-state index >= 15 is 0 Å². The van der Waals surface area contributed by atoms with Crippen molar-refractivity contribution in [1.82, 2.24) is 15.5 Å². The minimum atomic E-state index is -1.08. The molecule has 0 saturated carbocycles. The third kappa shape index (κ3) is 10.4.